The molecule has 3 aromatic rings. The second-order valence-electron chi connectivity index (χ2n) is 8.95. The van der Waals surface area contributed by atoms with Crippen molar-refractivity contribution in [3.05, 3.63) is 89.5 Å². The van der Waals surface area contributed by atoms with Crippen molar-refractivity contribution in [3.63, 3.8) is 0 Å². The summed E-state index contributed by atoms with van der Waals surface area (Å²) in [6, 6.07) is 7.11. The van der Waals surface area contributed by atoms with Crippen molar-refractivity contribution >= 4 is 21.6 Å². The van der Waals surface area contributed by atoms with Gasteiger partial charge in [-0.05, 0) is 60.9 Å². The van der Waals surface area contributed by atoms with Crippen LogP contribution in [-0.4, -0.2) is 49.4 Å². The number of aryl methyl sites for hydroxylation is 1. The molecule has 4 rings (SSSR count). The summed E-state index contributed by atoms with van der Waals surface area (Å²) in [4.78, 5) is 15.9. The lowest BCUT2D eigenvalue weighted by Gasteiger charge is -2.39. The smallest absolute Gasteiger partial charge is 0.369 e. The number of aliphatic hydroxyl groups is 1. The average Bonchev–Trinajstić information content (AvgIpc) is 2.89. The van der Waals surface area contributed by atoms with E-state index in [4.69, 9.17) is 0 Å². The molecule has 1 aliphatic heterocycles. The Morgan fingerprint density at radius 2 is 1.68 bits per heavy atom. The Labute approximate surface area is 223 Å². The zero-order valence-electron chi connectivity index (χ0n) is 20.2. The van der Waals surface area contributed by atoms with Crippen LogP contribution in [0.2, 0.25) is 0 Å². The second kappa shape index (κ2) is 10.4. The zero-order valence-corrected chi connectivity index (χ0v) is 21.0. The van der Waals surface area contributed by atoms with Gasteiger partial charge in [0.05, 0.1) is 22.2 Å². The number of carbonyl (C=O) groups is 1. The highest BCUT2D eigenvalue weighted by Gasteiger charge is 2.71. The highest BCUT2D eigenvalue weighted by Crippen LogP contribution is 2.51. The van der Waals surface area contributed by atoms with Crippen LogP contribution < -0.4 is 9.62 Å². The van der Waals surface area contributed by atoms with Gasteiger partial charge in [0.15, 0.2) is 0 Å². The van der Waals surface area contributed by atoms with Crippen molar-refractivity contribution in [1.82, 2.24) is 10.3 Å². The van der Waals surface area contributed by atoms with Crippen molar-refractivity contribution in [2.24, 2.45) is 0 Å². The molecule has 1 aromatic heterocycles. The Morgan fingerprint density at radius 1 is 1.02 bits per heavy atom. The number of aromatic nitrogens is 1. The van der Waals surface area contributed by atoms with E-state index in [9.17, 15) is 49.1 Å². The molecule has 2 N–H and O–H groups in total. The summed E-state index contributed by atoms with van der Waals surface area (Å²) >= 11 is 0. The third-order valence-corrected chi connectivity index (χ3v) is 8.31. The Bertz CT molecular complexity index is 1480. The Morgan fingerprint density at radius 3 is 2.25 bits per heavy atom. The van der Waals surface area contributed by atoms with Crippen LogP contribution in [0.4, 0.5) is 36.4 Å². The number of fused-ring (bicyclic) bond motifs is 1. The molecule has 2 aromatic carbocycles. The van der Waals surface area contributed by atoms with E-state index in [1.54, 1.807) is 0 Å². The maximum atomic E-state index is 13.7. The van der Waals surface area contributed by atoms with Crippen LogP contribution in [0.5, 0.6) is 0 Å². The first-order chi connectivity index (χ1) is 18.6. The number of anilines is 1. The summed E-state index contributed by atoms with van der Waals surface area (Å²) in [6.45, 7) is -0.287. The van der Waals surface area contributed by atoms with Crippen molar-refractivity contribution in [2.45, 2.75) is 41.7 Å². The molecule has 1 atom stereocenters. The molecule has 7 nitrogen and oxygen atoms in total. The van der Waals surface area contributed by atoms with Gasteiger partial charge in [-0.15, -0.1) is 0 Å². The standard InChI is InChI=1S/C25H20F7N3O4S/c26-18-5-8-20(9-6-18)40(38,39)35-19(14-34-22(36)16-2-1-11-33-13-16)7-3-15-12-17(4-10-21(15)35)23(37,24(27,28)29)25(30,31)32/h1-2,4-6,8-13,19,37H,3,7,14H2,(H,34,36)/t19-/m0/s1. The van der Waals surface area contributed by atoms with Crippen molar-refractivity contribution in [3.8, 4) is 0 Å². The second-order valence-corrected chi connectivity index (χ2v) is 10.8. The Hall–Kier alpha value is -3.72. The highest BCUT2D eigenvalue weighted by atomic mass is 32.2. The minimum atomic E-state index is -6.13. The van der Waals surface area contributed by atoms with Crippen LogP contribution in [0.15, 0.2) is 71.9 Å². The van der Waals surface area contributed by atoms with E-state index < -0.39 is 56.2 Å². The molecule has 0 unspecified atom stereocenters. The SMILES string of the molecule is O=C(NC[C@@H]1CCc2cc(C(O)(C(F)(F)F)C(F)(F)F)ccc2N1S(=O)(=O)c1ccc(F)cc1)c1cccnc1. The normalized spacial score (nSPS) is 16.4. The van der Waals surface area contributed by atoms with Gasteiger partial charge in [0.2, 0.25) is 0 Å². The van der Waals surface area contributed by atoms with Crippen LogP contribution in [0, 0.1) is 5.82 Å². The van der Waals surface area contributed by atoms with Crippen LogP contribution in [0.3, 0.4) is 0 Å². The molecule has 40 heavy (non-hydrogen) atoms. The number of alkyl halides is 6. The lowest BCUT2D eigenvalue weighted by molar-refractivity contribution is -0.376. The number of carbonyl (C=O) groups excluding carboxylic acids is 1. The van der Waals surface area contributed by atoms with Gasteiger partial charge in [-0.2, -0.15) is 26.3 Å². The molecule has 0 fully saturated rings. The van der Waals surface area contributed by atoms with Gasteiger partial charge < -0.3 is 10.4 Å². The molecule has 214 valence electrons. The number of nitrogens with zero attached hydrogens (tertiary/aromatic N) is 2. The minimum absolute atomic E-state index is 0.124. The fourth-order valence-electron chi connectivity index (χ4n) is 4.39. The van der Waals surface area contributed by atoms with E-state index in [0.717, 1.165) is 34.6 Å². The molecular weight excluding hydrogens is 571 g/mol. The van der Waals surface area contributed by atoms with Gasteiger partial charge in [-0.1, -0.05) is 12.1 Å². The largest absolute Gasteiger partial charge is 0.430 e. The monoisotopic (exact) mass is 591 g/mol. The highest BCUT2D eigenvalue weighted by molar-refractivity contribution is 7.92. The maximum Gasteiger partial charge on any atom is 0.430 e. The van der Waals surface area contributed by atoms with E-state index in [2.05, 4.69) is 10.3 Å². The number of halogens is 7. The lowest BCUT2D eigenvalue weighted by Crippen LogP contribution is -2.54. The maximum absolute atomic E-state index is 13.7. The lowest BCUT2D eigenvalue weighted by atomic mass is 9.88. The third kappa shape index (κ3) is 5.22. The minimum Gasteiger partial charge on any atom is -0.369 e. The number of sulfonamides is 1. The summed E-state index contributed by atoms with van der Waals surface area (Å²) in [5, 5.41) is 12.4. The number of pyridine rings is 1. The molecule has 0 radical (unpaired) electrons. The molecule has 0 saturated carbocycles. The quantitative estimate of drug-likeness (QED) is 0.413. The van der Waals surface area contributed by atoms with Gasteiger partial charge in [0, 0.05) is 24.5 Å². The summed E-state index contributed by atoms with van der Waals surface area (Å²) in [6.07, 6.45) is -9.87. The third-order valence-electron chi connectivity index (χ3n) is 6.43. The average molecular weight is 592 g/mol. The van der Waals surface area contributed by atoms with E-state index in [1.807, 2.05) is 0 Å². The molecular formula is C25H20F7N3O4S. The molecule has 0 saturated heterocycles. The summed E-state index contributed by atoms with van der Waals surface area (Å²) in [5.74, 6) is -1.35. The molecule has 0 bridgehead atoms. The molecule has 1 aliphatic rings. The molecule has 1 amide bonds. The molecule has 0 aliphatic carbocycles. The summed E-state index contributed by atoms with van der Waals surface area (Å²) in [7, 11) is -4.56. The van der Waals surface area contributed by atoms with E-state index >= 15 is 0 Å². The van der Waals surface area contributed by atoms with Gasteiger partial charge in [0.25, 0.3) is 21.5 Å². The Balaban J connectivity index is 1.78. The van der Waals surface area contributed by atoms with Crippen molar-refractivity contribution < 1.29 is 49.1 Å². The molecule has 15 heteroatoms. The number of nitrogens with one attached hydrogen (secondary N) is 1. The topological polar surface area (TPSA) is 99.6 Å². The van der Waals surface area contributed by atoms with Crippen molar-refractivity contribution in [2.75, 3.05) is 10.8 Å². The van der Waals surface area contributed by atoms with E-state index in [0.29, 0.717) is 12.1 Å². The van der Waals surface area contributed by atoms with Crippen LogP contribution >= 0.6 is 0 Å². The van der Waals surface area contributed by atoms with Gasteiger partial charge in [-0.3, -0.25) is 14.1 Å². The first-order valence-corrected chi connectivity index (χ1v) is 13.0. The number of benzene rings is 2. The number of rotatable bonds is 6. The van der Waals surface area contributed by atoms with Gasteiger partial charge in [-0.25, -0.2) is 12.8 Å². The fraction of sp³-hybridized carbons (Fsp3) is 0.280. The van der Waals surface area contributed by atoms with E-state index in [1.165, 1.54) is 24.5 Å². The summed E-state index contributed by atoms with van der Waals surface area (Å²) < 4.78 is 122. The number of hydrogen-bond donors (Lipinski definition) is 2. The number of hydrogen-bond acceptors (Lipinski definition) is 5. The van der Waals surface area contributed by atoms with Gasteiger partial charge >= 0.3 is 12.4 Å². The van der Waals surface area contributed by atoms with E-state index in [-0.39, 0.29) is 36.2 Å². The molecule has 0 spiro atoms. The molecule has 2 heterocycles. The Kier molecular flexibility index (Phi) is 7.58. The van der Waals surface area contributed by atoms with Crippen LogP contribution in [-0.2, 0) is 22.0 Å². The predicted molar refractivity (Wildman–Crippen MR) is 127 cm³/mol. The first kappa shape index (κ1) is 29.3. The van der Waals surface area contributed by atoms with Crippen molar-refractivity contribution in [1.29, 1.82) is 0 Å². The number of amides is 1. The zero-order chi connectivity index (χ0) is 29.5. The predicted octanol–water partition coefficient (Wildman–Crippen LogP) is 4.47. The fourth-order valence-corrected chi connectivity index (χ4v) is 6.11. The van der Waals surface area contributed by atoms with Crippen LogP contribution in [0.25, 0.3) is 0 Å². The van der Waals surface area contributed by atoms with Crippen LogP contribution in [0.1, 0.15) is 27.9 Å². The van der Waals surface area contributed by atoms with Gasteiger partial charge in [0.1, 0.15) is 5.82 Å². The summed E-state index contributed by atoms with van der Waals surface area (Å²) in [5.41, 5.74) is -7.05. The first-order valence-electron chi connectivity index (χ1n) is 11.5.